The Morgan fingerprint density at radius 3 is 3.00 bits per heavy atom. The molecule has 0 atom stereocenters. The van der Waals surface area contributed by atoms with Crippen molar-refractivity contribution in [2.45, 2.75) is 6.54 Å². The van der Waals surface area contributed by atoms with Crippen LogP contribution < -0.4 is 5.32 Å². The van der Waals surface area contributed by atoms with Gasteiger partial charge in [-0.2, -0.15) is 9.61 Å². The summed E-state index contributed by atoms with van der Waals surface area (Å²) in [5.74, 6) is 0.435. The van der Waals surface area contributed by atoms with E-state index in [-0.39, 0.29) is 12.5 Å². The molecule has 23 heavy (non-hydrogen) atoms. The summed E-state index contributed by atoms with van der Waals surface area (Å²) in [7, 11) is 0. The molecule has 0 saturated heterocycles. The van der Waals surface area contributed by atoms with Crippen molar-refractivity contribution in [1.29, 1.82) is 0 Å². The van der Waals surface area contributed by atoms with Crippen LogP contribution in [-0.4, -0.2) is 25.1 Å². The van der Waals surface area contributed by atoms with E-state index in [1.54, 1.807) is 29.0 Å². The van der Waals surface area contributed by atoms with Crippen LogP contribution in [0.3, 0.4) is 0 Å². The Hall–Kier alpha value is -2.86. The zero-order chi connectivity index (χ0) is 15.8. The minimum atomic E-state index is -0.148. The lowest BCUT2D eigenvalue weighted by Crippen LogP contribution is -2.20. The van der Waals surface area contributed by atoms with E-state index in [9.17, 15) is 4.79 Å². The van der Waals surface area contributed by atoms with Gasteiger partial charge < -0.3 is 9.88 Å². The van der Waals surface area contributed by atoms with Crippen LogP contribution in [0.4, 0.5) is 5.82 Å². The number of nitrogens with one attached hydrogen (secondary N) is 1. The molecule has 4 aromatic rings. The molecule has 0 unspecified atom stereocenters. The van der Waals surface area contributed by atoms with Gasteiger partial charge >= 0.3 is 0 Å². The van der Waals surface area contributed by atoms with Crippen molar-refractivity contribution in [1.82, 2.24) is 19.2 Å². The summed E-state index contributed by atoms with van der Waals surface area (Å²) >= 11 is 6.03. The van der Waals surface area contributed by atoms with Crippen LogP contribution in [-0.2, 0) is 11.3 Å². The van der Waals surface area contributed by atoms with E-state index >= 15 is 0 Å². The topological polar surface area (TPSA) is 64.2 Å². The van der Waals surface area contributed by atoms with Gasteiger partial charge in [0.1, 0.15) is 12.4 Å². The smallest absolute Gasteiger partial charge is 0.245 e. The number of anilines is 1. The average molecular weight is 326 g/mol. The third kappa shape index (κ3) is 2.53. The first-order chi connectivity index (χ1) is 11.2. The molecular weight excluding hydrogens is 314 g/mol. The molecule has 0 radical (unpaired) electrons. The van der Waals surface area contributed by atoms with Gasteiger partial charge in [0.2, 0.25) is 5.91 Å². The highest BCUT2D eigenvalue weighted by Crippen LogP contribution is 2.20. The summed E-state index contributed by atoms with van der Waals surface area (Å²) in [4.78, 5) is 16.5. The second-order valence-corrected chi connectivity index (χ2v) is 5.56. The highest BCUT2D eigenvalue weighted by atomic mass is 35.5. The summed E-state index contributed by atoms with van der Waals surface area (Å²) in [5, 5.41) is 8.69. The predicted octanol–water partition coefficient (Wildman–Crippen LogP) is 2.98. The molecule has 7 heteroatoms. The average Bonchev–Trinajstić information content (AvgIpc) is 3.15. The number of carbonyl (C=O) groups is 1. The van der Waals surface area contributed by atoms with E-state index in [0.29, 0.717) is 16.5 Å². The highest BCUT2D eigenvalue weighted by Gasteiger charge is 2.09. The van der Waals surface area contributed by atoms with Crippen molar-refractivity contribution in [3.8, 4) is 0 Å². The SMILES string of the molecule is O=C(Cn1ccc2ccc(Cl)cc21)Nc1ccnc2ccnn12. The summed E-state index contributed by atoms with van der Waals surface area (Å²) in [6, 6.07) is 11.1. The molecule has 6 nitrogen and oxygen atoms in total. The van der Waals surface area contributed by atoms with Crippen molar-refractivity contribution >= 4 is 39.9 Å². The van der Waals surface area contributed by atoms with E-state index in [1.165, 1.54) is 0 Å². The van der Waals surface area contributed by atoms with Crippen molar-refractivity contribution < 1.29 is 4.79 Å². The van der Waals surface area contributed by atoms with Crippen LogP contribution in [0.2, 0.25) is 5.02 Å². The number of aromatic nitrogens is 4. The van der Waals surface area contributed by atoms with Gasteiger partial charge in [0, 0.05) is 29.0 Å². The fourth-order valence-corrected chi connectivity index (χ4v) is 2.73. The maximum absolute atomic E-state index is 12.3. The van der Waals surface area contributed by atoms with Crippen molar-refractivity contribution in [3.05, 3.63) is 60.0 Å². The summed E-state index contributed by atoms with van der Waals surface area (Å²) in [6.07, 6.45) is 5.15. The number of nitrogens with zero attached hydrogens (tertiary/aromatic N) is 4. The normalized spacial score (nSPS) is 11.2. The van der Waals surface area contributed by atoms with Gasteiger partial charge in [-0.05, 0) is 29.7 Å². The first-order valence-corrected chi connectivity index (χ1v) is 7.41. The van der Waals surface area contributed by atoms with Crippen LogP contribution in [0.1, 0.15) is 0 Å². The van der Waals surface area contributed by atoms with Gasteiger partial charge in [-0.1, -0.05) is 17.7 Å². The van der Waals surface area contributed by atoms with E-state index in [0.717, 1.165) is 10.9 Å². The molecule has 114 valence electrons. The molecule has 0 spiro atoms. The zero-order valence-electron chi connectivity index (χ0n) is 12.0. The number of hydrogen-bond acceptors (Lipinski definition) is 3. The lowest BCUT2D eigenvalue weighted by atomic mass is 10.2. The second-order valence-electron chi connectivity index (χ2n) is 5.13. The fraction of sp³-hybridized carbons (Fsp3) is 0.0625. The quantitative estimate of drug-likeness (QED) is 0.630. The largest absolute Gasteiger partial charge is 0.338 e. The van der Waals surface area contributed by atoms with E-state index in [2.05, 4.69) is 15.4 Å². The monoisotopic (exact) mass is 325 g/mol. The Bertz CT molecular complexity index is 1020. The Balaban J connectivity index is 1.60. The molecule has 1 aromatic carbocycles. The molecule has 4 rings (SSSR count). The first-order valence-electron chi connectivity index (χ1n) is 7.04. The number of amides is 1. The van der Waals surface area contributed by atoms with Gasteiger partial charge in [0.15, 0.2) is 5.65 Å². The number of hydrogen-bond donors (Lipinski definition) is 1. The Labute approximate surface area is 136 Å². The number of benzene rings is 1. The van der Waals surface area contributed by atoms with Crippen molar-refractivity contribution in [2.24, 2.45) is 0 Å². The van der Waals surface area contributed by atoms with Crippen LogP contribution in [0.5, 0.6) is 0 Å². The number of rotatable bonds is 3. The third-order valence-corrected chi connectivity index (χ3v) is 3.84. The maximum Gasteiger partial charge on any atom is 0.245 e. The fourth-order valence-electron chi connectivity index (χ4n) is 2.56. The van der Waals surface area contributed by atoms with Gasteiger partial charge in [-0.15, -0.1) is 0 Å². The molecule has 3 heterocycles. The summed E-state index contributed by atoms with van der Waals surface area (Å²) in [5.41, 5.74) is 1.60. The standard InChI is InChI=1S/C16H12ClN5O/c17-12-2-1-11-5-8-21(13(11)9-12)10-16(23)20-15-3-6-18-14-4-7-19-22(14)15/h1-9H,10H2,(H,20,23). The van der Waals surface area contributed by atoms with Gasteiger partial charge in [-0.3, -0.25) is 4.79 Å². The summed E-state index contributed by atoms with van der Waals surface area (Å²) in [6.45, 7) is 0.189. The molecule has 0 aliphatic heterocycles. The van der Waals surface area contributed by atoms with Crippen LogP contribution in [0.25, 0.3) is 16.6 Å². The first kappa shape index (κ1) is 13.8. The van der Waals surface area contributed by atoms with E-state index in [4.69, 9.17) is 11.6 Å². The van der Waals surface area contributed by atoms with Crippen LogP contribution >= 0.6 is 11.6 Å². The van der Waals surface area contributed by atoms with Gasteiger partial charge in [-0.25, -0.2) is 4.98 Å². The van der Waals surface area contributed by atoms with Gasteiger partial charge in [0.05, 0.1) is 6.20 Å². The van der Waals surface area contributed by atoms with Gasteiger partial charge in [0.25, 0.3) is 0 Å². The minimum absolute atomic E-state index is 0.148. The molecule has 0 fully saturated rings. The molecular formula is C16H12ClN5O. The van der Waals surface area contributed by atoms with E-state index < -0.39 is 0 Å². The Kier molecular flexibility index (Phi) is 3.24. The summed E-state index contributed by atoms with van der Waals surface area (Å²) < 4.78 is 3.44. The number of halogens is 1. The Morgan fingerprint density at radius 1 is 1.17 bits per heavy atom. The molecule has 3 aromatic heterocycles. The molecule has 1 amide bonds. The lowest BCUT2D eigenvalue weighted by molar-refractivity contribution is -0.116. The van der Waals surface area contributed by atoms with Crippen molar-refractivity contribution in [3.63, 3.8) is 0 Å². The molecule has 1 N–H and O–H groups in total. The molecule has 0 aliphatic rings. The predicted molar refractivity (Wildman–Crippen MR) is 88.6 cm³/mol. The third-order valence-electron chi connectivity index (χ3n) is 3.61. The van der Waals surface area contributed by atoms with Crippen LogP contribution in [0.15, 0.2) is 55.0 Å². The highest BCUT2D eigenvalue weighted by molar-refractivity contribution is 6.31. The van der Waals surface area contributed by atoms with Crippen LogP contribution in [0, 0.1) is 0 Å². The van der Waals surface area contributed by atoms with E-state index in [1.807, 2.05) is 35.0 Å². The lowest BCUT2D eigenvalue weighted by Gasteiger charge is -2.08. The Morgan fingerprint density at radius 2 is 2.09 bits per heavy atom. The molecule has 0 bridgehead atoms. The second kappa shape index (κ2) is 5.40. The number of carbonyl (C=O) groups excluding carboxylic acids is 1. The zero-order valence-corrected chi connectivity index (χ0v) is 12.7. The molecule has 0 saturated carbocycles. The maximum atomic E-state index is 12.3. The van der Waals surface area contributed by atoms with Crippen molar-refractivity contribution in [2.75, 3.05) is 5.32 Å². The number of fused-ring (bicyclic) bond motifs is 2. The minimum Gasteiger partial charge on any atom is -0.338 e. The molecule has 0 aliphatic carbocycles.